The van der Waals surface area contributed by atoms with Gasteiger partial charge in [-0.25, -0.2) is 4.98 Å². The van der Waals surface area contributed by atoms with Crippen molar-refractivity contribution >= 4 is 45.7 Å². The second kappa shape index (κ2) is 8.78. The minimum Gasteiger partial charge on any atom is -0.360 e. The number of nitrogens with zero attached hydrogens (tertiary/aromatic N) is 3. The third kappa shape index (κ3) is 4.42. The Kier molecular flexibility index (Phi) is 6.33. The van der Waals surface area contributed by atoms with Crippen LogP contribution in [0.4, 0.5) is 0 Å². The first-order valence-corrected chi connectivity index (χ1v) is 11.8. The largest absolute Gasteiger partial charge is 0.360 e. The Bertz CT molecular complexity index is 1230. The van der Waals surface area contributed by atoms with Crippen molar-refractivity contribution < 1.29 is 4.79 Å². The maximum absolute atomic E-state index is 13.1. The van der Waals surface area contributed by atoms with Crippen molar-refractivity contribution in [1.29, 1.82) is 5.41 Å². The average molecular weight is 489 g/mol. The molecule has 176 valence electrons. The predicted molar refractivity (Wildman–Crippen MR) is 134 cm³/mol. The van der Waals surface area contributed by atoms with Crippen molar-refractivity contribution in [3.8, 4) is 0 Å². The molecule has 1 aliphatic rings. The molecule has 33 heavy (non-hydrogen) atoms. The van der Waals surface area contributed by atoms with Crippen molar-refractivity contribution in [2.75, 3.05) is 20.1 Å². The molecule has 0 aliphatic carbocycles. The highest BCUT2D eigenvalue weighted by Crippen LogP contribution is 2.34. The van der Waals surface area contributed by atoms with Gasteiger partial charge in [0, 0.05) is 66.5 Å². The molecule has 9 heteroatoms. The Hall–Kier alpha value is -2.35. The molecule has 1 atom stereocenters. The molecular weight excluding hydrogens is 459 g/mol. The lowest BCUT2D eigenvalue weighted by Gasteiger charge is -2.24. The number of benzene rings is 1. The van der Waals surface area contributed by atoms with Gasteiger partial charge in [0.05, 0.1) is 0 Å². The maximum Gasteiger partial charge on any atom is 0.273 e. The Balaban J connectivity index is 1.62. The van der Waals surface area contributed by atoms with E-state index in [9.17, 15) is 4.79 Å². The fourth-order valence-electron chi connectivity index (χ4n) is 4.42. The monoisotopic (exact) mass is 488 g/mol. The second-order valence-corrected chi connectivity index (χ2v) is 10.5. The van der Waals surface area contributed by atoms with Gasteiger partial charge in [-0.15, -0.1) is 0 Å². The van der Waals surface area contributed by atoms with Crippen molar-refractivity contribution in [3.05, 3.63) is 51.2 Å². The summed E-state index contributed by atoms with van der Waals surface area (Å²) in [6.07, 6.45) is 2.99. The Morgan fingerprint density at radius 3 is 2.70 bits per heavy atom. The van der Waals surface area contributed by atoms with Gasteiger partial charge in [0.1, 0.15) is 11.5 Å². The smallest absolute Gasteiger partial charge is 0.273 e. The van der Waals surface area contributed by atoms with Crippen LogP contribution in [0.2, 0.25) is 10.2 Å². The normalized spacial score (nSPS) is 16.5. The summed E-state index contributed by atoms with van der Waals surface area (Å²) in [6.45, 7) is 8.02. The van der Waals surface area contributed by atoms with Crippen LogP contribution < -0.4 is 5.32 Å². The Morgan fingerprint density at radius 1 is 1.33 bits per heavy atom. The first kappa shape index (κ1) is 23.8. The molecule has 1 fully saturated rings. The van der Waals surface area contributed by atoms with E-state index in [0.29, 0.717) is 22.3 Å². The van der Waals surface area contributed by atoms with Crippen LogP contribution in [-0.4, -0.2) is 57.2 Å². The number of carbonyl (C=O) groups is 1. The first-order chi connectivity index (χ1) is 15.5. The van der Waals surface area contributed by atoms with Gasteiger partial charge in [-0.05, 0) is 36.1 Å². The topological polar surface area (TPSA) is 89.8 Å². The molecule has 3 heterocycles. The fourth-order valence-corrected chi connectivity index (χ4v) is 5.17. The molecule has 3 N–H and O–H groups in total. The lowest BCUT2D eigenvalue weighted by molar-refractivity contribution is 0.0734. The van der Waals surface area contributed by atoms with Crippen LogP contribution in [-0.2, 0) is 18.9 Å². The summed E-state index contributed by atoms with van der Waals surface area (Å²) < 4.78 is 1.71. The lowest BCUT2D eigenvalue weighted by atomic mass is 9.86. The average Bonchev–Trinajstić information content (AvgIpc) is 3.45. The van der Waals surface area contributed by atoms with Crippen LogP contribution in [0.25, 0.3) is 10.9 Å². The van der Waals surface area contributed by atoms with Gasteiger partial charge in [0.25, 0.3) is 5.91 Å². The zero-order valence-electron chi connectivity index (χ0n) is 19.6. The third-order valence-electron chi connectivity index (χ3n) is 6.49. The van der Waals surface area contributed by atoms with Crippen LogP contribution in [0.5, 0.6) is 0 Å². The summed E-state index contributed by atoms with van der Waals surface area (Å²) in [5.41, 5.74) is 3.32. The number of halogens is 2. The molecular formula is C24H30Cl2N6O. The number of hydrogen-bond donors (Lipinski definition) is 3. The van der Waals surface area contributed by atoms with Gasteiger partial charge in [0.15, 0.2) is 5.15 Å². The highest BCUT2D eigenvalue weighted by atomic mass is 35.5. The second-order valence-electron chi connectivity index (χ2n) is 9.77. The number of fused-ring (bicyclic) bond motifs is 1. The molecule has 1 aliphatic heterocycles. The number of hydrogen-bond acceptors (Lipinski definition) is 4. The van der Waals surface area contributed by atoms with E-state index in [-0.39, 0.29) is 28.9 Å². The van der Waals surface area contributed by atoms with Gasteiger partial charge < -0.3 is 25.2 Å². The van der Waals surface area contributed by atoms with E-state index in [4.69, 9.17) is 28.6 Å². The van der Waals surface area contributed by atoms with Gasteiger partial charge in [-0.3, -0.25) is 4.79 Å². The van der Waals surface area contributed by atoms with E-state index in [1.165, 1.54) is 0 Å². The van der Waals surface area contributed by atoms with Gasteiger partial charge in [0.2, 0.25) is 0 Å². The van der Waals surface area contributed by atoms with Crippen molar-refractivity contribution in [3.63, 3.8) is 0 Å². The van der Waals surface area contributed by atoms with Crippen LogP contribution in [0.15, 0.2) is 18.3 Å². The van der Waals surface area contributed by atoms with Crippen molar-refractivity contribution in [2.45, 2.75) is 45.1 Å². The molecule has 0 bridgehead atoms. The van der Waals surface area contributed by atoms with Crippen LogP contribution >= 0.6 is 23.2 Å². The maximum atomic E-state index is 13.1. The molecule has 1 aromatic carbocycles. The number of aromatic amines is 1. The number of nitrogens with one attached hydrogen (secondary N) is 3. The lowest BCUT2D eigenvalue weighted by Crippen LogP contribution is -2.39. The van der Waals surface area contributed by atoms with Crippen molar-refractivity contribution in [1.82, 2.24) is 24.8 Å². The molecule has 0 saturated carbocycles. The molecule has 4 rings (SSSR count). The SMILES string of the molecule is CN(C(=O)c1c(Cl)nc(CC(=N)c2c[nH]c3cc(Cl)c(C(C)(C)C)cc23)n1C)[C@@H]1CCNC1. The van der Waals surface area contributed by atoms with Gasteiger partial charge in [-0.2, -0.15) is 0 Å². The summed E-state index contributed by atoms with van der Waals surface area (Å²) in [7, 11) is 3.58. The van der Waals surface area contributed by atoms with E-state index in [1.54, 1.807) is 23.6 Å². The number of amides is 1. The number of imidazole rings is 1. The number of likely N-dealkylation sites (N-methyl/N-ethyl adjacent to an activating group) is 1. The zero-order valence-corrected chi connectivity index (χ0v) is 21.2. The quantitative estimate of drug-likeness (QED) is 0.460. The standard InChI is InChI=1S/C24H30Cl2N6O/c1-24(2,3)16-8-14-15(12-29-19(14)9-17(16)25)18(27)10-20-30-22(26)21(32(20)5)23(33)31(4)13-6-7-28-11-13/h8-9,12-13,27-29H,6-7,10-11H2,1-5H3/t13-/m1/s1. The molecule has 0 radical (unpaired) electrons. The van der Waals surface area contributed by atoms with Crippen LogP contribution in [0.3, 0.4) is 0 Å². The molecule has 0 unspecified atom stereocenters. The van der Waals surface area contributed by atoms with E-state index in [1.807, 2.05) is 12.3 Å². The summed E-state index contributed by atoms with van der Waals surface area (Å²) in [6, 6.07) is 4.11. The number of aromatic nitrogens is 3. The molecule has 7 nitrogen and oxygen atoms in total. The fraction of sp³-hybridized carbons (Fsp3) is 0.458. The van der Waals surface area contributed by atoms with Gasteiger partial charge in [-0.1, -0.05) is 44.0 Å². The van der Waals surface area contributed by atoms with E-state index < -0.39 is 0 Å². The van der Waals surface area contributed by atoms with E-state index in [2.05, 4.69) is 42.1 Å². The summed E-state index contributed by atoms with van der Waals surface area (Å²) in [5, 5.41) is 13.9. The van der Waals surface area contributed by atoms with Crippen LogP contribution in [0, 0.1) is 5.41 Å². The molecule has 1 amide bonds. The highest BCUT2D eigenvalue weighted by Gasteiger charge is 2.29. The minimum atomic E-state index is -0.155. The number of rotatable bonds is 5. The van der Waals surface area contributed by atoms with Crippen LogP contribution in [0.1, 0.15) is 54.6 Å². The van der Waals surface area contributed by atoms with E-state index in [0.717, 1.165) is 41.5 Å². The summed E-state index contributed by atoms with van der Waals surface area (Å²) in [4.78, 5) is 22.5. The molecule has 3 aromatic rings. The third-order valence-corrected chi connectivity index (χ3v) is 7.06. The number of H-pyrrole nitrogens is 1. The zero-order chi connectivity index (χ0) is 24.1. The predicted octanol–water partition coefficient (Wildman–Crippen LogP) is 4.55. The molecule has 2 aromatic heterocycles. The van der Waals surface area contributed by atoms with Crippen molar-refractivity contribution in [2.24, 2.45) is 7.05 Å². The summed E-state index contributed by atoms with van der Waals surface area (Å²) in [5.74, 6) is 0.420. The Morgan fingerprint density at radius 2 is 2.06 bits per heavy atom. The minimum absolute atomic E-state index is 0.120. The first-order valence-electron chi connectivity index (χ1n) is 11.1. The summed E-state index contributed by atoms with van der Waals surface area (Å²) >= 11 is 12.9. The van der Waals surface area contributed by atoms with Gasteiger partial charge >= 0.3 is 0 Å². The molecule has 0 spiro atoms. The molecule has 1 saturated heterocycles. The highest BCUT2D eigenvalue weighted by molar-refractivity contribution is 6.33. The van der Waals surface area contributed by atoms with E-state index >= 15 is 0 Å². The Labute approximate surface area is 204 Å². The number of carbonyl (C=O) groups excluding carboxylic acids is 1.